The first-order valence-corrected chi connectivity index (χ1v) is 7.41. The van der Waals surface area contributed by atoms with Gasteiger partial charge < -0.3 is 0 Å². The van der Waals surface area contributed by atoms with Crippen molar-refractivity contribution in [2.45, 2.75) is 26.4 Å². The van der Waals surface area contributed by atoms with Gasteiger partial charge in [0.25, 0.3) is 0 Å². The van der Waals surface area contributed by atoms with Gasteiger partial charge in [-0.3, -0.25) is 14.7 Å². The van der Waals surface area contributed by atoms with Crippen LogP contribution in [0.15, 0.2) is 47.2 Å². The van der Waals surface area contributed by atoms with Crippen LogP contribution in [0.3, 0.4) is 0 Å². The lowest BCUT2D eigenvalue weighted by Crippen LogP contribution is -2.39. The highest BCUT2D eigenvalue weighted by Crippen LogP contribution is 2.24. The molecule has 21 heavy (non-hydrogen) atoms. The minimum Gasteiger partial charge on any atom is -0.290 e. The van der Waals surface area contributed by atoms with E-state index >= 15 is 0 Å². The van der Waals surface area contributed by atoms with Crippen molar-refractivity contribution in [3.8, 4) is 0 Å². The number of aliphatic imine (C=N–C) groups is 1. The van der Waals surface area contributed by atoms with Crippen LogP contribution in [0.4, 0.5) is 4.39 Å². The van der Waals surface area contributed by atoms with E-state index in [4.69, 9.17) is 0 Å². The number of para-hydroxylation sites is 1. The molecule has 110 valence electrons. The second kappa shape index (κ2) is 5.72. The van der Waals surface area contributed by atoms with Crippen LogP contribution in [0, 0.1) is 6.92 Å². The van der Waals surface area contributed by atoms with E-state index < -0.39 is 6.17 Å². The van der Waals surface area contributed by atoms with Crippen LogP contribution < -0.4 is 5.01 Å². The van der Waals surface area contributed by atoms with Gasteiger partial charge in [-0.1, -0.05) is 25.1 Å². The van der Waals surface area contributed by atoms with Gasteiger partial charge in [-0.15, -0.1) is 0 Å². The Kier molecular flexibility index (Phi) is 3.78. The smallest absolute Gasteiger partial charge is 0.161 e. The molecule has 1 aromatic heterocycles. The van der Waals surface area contributed by atoms with Crippen molar-refractivity contribution >= 4 is 17.1 Å². The molecule has 1 aromatic carbocycles. The normalized spacial score (nSPS) is 18.0. The number of dihydropyridines is 1. The van der Waals surface area contributed by atoms with Gasteiger partial charge >= 0.3 is 0 Å². The van der Waals surface area contributed by atoms with Gasteiger partial charge in [-0.2, -0.15) is 0 Å². The molecule has 1 aliphatic rings. The first-order valence-electron chi connectivity index (χ1n) is 7.41. The Balaban J connectivity index is 2.12. The lowest BCUT2D eigenvalue weighted by molar-refractivity contribution is 0.368. The van der Waals surface area contributed by atoms with Gasteiger partial charge in [0.15, 0.2) is 6.17 Å². The molecule has 1 aliphatic heterocycles. The Morgan fingerprint density at radius 3 is 2.95 bits per heavy atom. The summed E-state index contributed by atoms with van der Waals surface area (Å²) in [7, 11) is 0. The third-order valence-electron chi connectivity index (χ3n) is 3.82. The van der Waals surface area contributed by atoms with Gasteiger partial charge in [0, 0.05) is 24.3 Å². The number of benzene rings is 1. The fourth-order valence-electron chi connectivity index (χ4n) is 2.83. The zero-order valence-electron chi connectivity index (χ0n) is 12.5. The topological polar surface area (TPSA) is 20.5 Å². The van der Waals surface area contributed by atoms with Gasteiger partial charge in [-0.05, 0) is 31.1 Å². The van der Waals surface area contributed by atoms with Crippen LogP contribution in [0.5, 0.6) is 0 Å². The highest BCUT2D eigenvalue weighted by atomic mass is 19.1. The van der Waals surface area contributed by atoms with Crippen molar-refractivity contribution in [2.75, 3.05) is 18.1 Å². The Morgan fingerprint density at radius 1 is 1.38 bits per heavy atom. The van der Waals surface area contributed by atoms with Gasteiger partial charge in [0.05, 0.1) is 17.8 Å². The fourth-order valence-corrected chi connectivity index (χ4v) is 2.83. The number of halogens is 1. The van der Waals surface area contributed by atoms with Crippen LogP contribution in [0.1, 0.15) is 18.9 Å². The minimum absolute atomic E-state index is 0.213. The maximum atomic E-state index is 14.3. The number of alkyl halides is 1. The van der Waals surface area contributed by atoms with E-state index in [1.54, 1.807) is 12.3 Å². The highest BCUT2D eigenvalue weighted by molar-refractivity contribution is 5.84. The largest absolute Gasteiger partial charge is 0.290 e. The molecule has 0 radical (unpaired) electrons. The lowest BCUT2D eigenvalue weighted by atomic mass is 10.2. The number of hydrogen-bond donors (Lipinski definition) is 0. The zero-order valence-corrected chi connectivity index (χ0v) is 12.5. The van der Waals surface area contributed by atoms with E-state index in [0.29, 0.717) is 5.70 Å². The SMILES string of the molecule is CCCN(C1=CC=NCC1F)n1cc(C)c2ccccc21. The summed E-state index contributed by atoms with van der Waals surface area (Å²) >= 11 is 0. The van der Waals surface area contributed by atoms with E-state index in [-0.39, 0.29) is 6.54 Å². The van der Waals surface area contributed by atoms with Crippen LogP contribution >= 0.6 is 0 Å². The highest BCUT2D eigenvalue weighted by Gasteiger charge is 2.23. The van der Waals surface area contributed by atoms with E-state index in [9.17, 15) is 4.39 Å². The van der Waals surface area contributed by atoms with Gasteiger partial charge in [0.1, 0.15) is 0 Å². The quantitative estimate of drug-likeness (QED) is 0.840. The summed E-state index contributed by atoms with van der Waals surface area (Å²) in [5, 5.41) is 3.24. The summed E-state index contributed by atoms with van der Waals surface area (Å²) in [6.07, 6.45) is 5.48. The molecular formula is C17H20FN3. The summed E-state index contributed by atoms with van der Waals surface area (Å²) in [4.78, 5) is 4.00. The van der Waals surface area contributed by atoms with E-state index in [1.165, 1.54) is 10.9 Å². The average Bonchev–Trinajstić information content (AvgIpc) is 2.83. The van der Waals surface area contributed by atoms with Crippen molar-refractivity contribution < 1.29 is 4.39 Å². The molecule has 3 rings (SSSR count). The van der Waals surface area contributed by atoms with Crippen LogP contribution in [0.2, 0.25) is 0 Å². The maximum absolute atomic E-state index is 14.3. The molecule has 0 fully saturated rings. The van der Waals surface area contributed by atoms with Crippen molar-refractivity contribution in [3.05, 3.63) is 47.8 Å². The Hall–Kier alpha value is -2.10. The number of aromatic nitrogens is 1. The number of hydrogen-bond acceptors (Lipinski definition) is 2. The number of allylic oxidation sites excluding steroid dienone is 1. The first-order chi connectivity index (χ1) is 10.2. The van der Waals surface area contributed by atoms with E-state index in [2.05, 4.69) is 41.8 Å². The molecule has 2 aromatic rings. The second-order valence-electron chi connectivity index (χ2n) is 5.37. The third-order valence-corrected chi connectivity index (χ3v) is 3.82. The predicted molar refractivity (Wildman–Crippen MR) is 86.4 cm³/mol. The molecule has 0 saturated heterocycles. The number of rotatable bonds is 4. The number of fused-ring (bicyclic) bond motifs is 1. The van der Waals surface area contributed by atoms with Crippen LogP contribution in [-0.2, 0) is 0 Å². The standard InChI is InChI=1S/C17H20FN3/c1-3-10-20(17-8-9-19-11-15(17)18)21-12-13(2)14-6-4-5-7-16(14)21/h4-9,12,15H,3,10-11H2,1-2H3. The van der Waals surface area contributed by atoms with E-state index in [1.807, 2.05) is 17.1 Å². The lowest BCUT2D eigenvalue weighted by Gasteiger charge is -2.31. The molecule has 0 N–H and O–H groups in total. The molecule has 1 unspecified atom stereocenters. The maximum Gasteiger partial charge on any atom is 0.161 e. The average molecular weight is 285 g/mol. The molecule has 0 saturated carbocycles. The monoisotopic (exact) mass is 285 g/mol. The molecule has 0 spiro atoms. The summed E-state index contributed by atoms with van der Waals surface area (Å²) in [5.41, 5.74) is 3.00. The van der Waals surface area contributed by atoms with Crippen molar-refractivity contribution in [1.82, 2.24) is 4.68 Å². The molecule has 0 bridgehead atoms. The molecule has 1 atom stereocenters. The molecule has 0 aliphatic carbocycles. The van der Waals surface area contributed by atoms with Crippen molar-refractivity contribution in [3.63, 3.8) is 0 Å². The van der Waals surface area contributed by atoms with E-state index in [0.717, 1.165) is 18.5 Å². The zero-order chi connectivity index (χ0) is 14.8. The number of aryl methyl sites for hydroxylation is 1. The minimum atomic E-state index is -1.04. The fraction of sp³-hybridized carbons (Fsp3) is 0.353. The van der Waals surface area contributed by atoms with Crippen LogP contribution in [0.25, 0.3) is 10.9 Å². The van der Waals surface area contributed by atoms with Crippen molar-refractivity contribution in [2.24, 2.45) is 4.99 Å². The summed E-state index contributed by atoms with van der Waals surface area (Å²) in [6, 6.07) is 8.24. The molecule has 4 heteroatoms. The molecule has 2 heterocycles. The van der Waals surface area contributed by atoms with Crippen molar-refractivity contribution in [1.29, 1.82) is 0 Å². The predicted octanol–water partition coefficient (Wildman–Crippen LogP) is 3.60. The second-order valence-corrected chi connectivity index (χ2v) is 5.37. The van der Waals surface area contributed by atoms with Gasteiger partial charge in [-0.25, -0.2) is 4.39 Å². The molecular weight excluding hydrogens is 265 g/mol. The van der Waals surface area contributed by atoms with Gasteiger partial charge in [0.2, 0.25) is 0 Å². The summed E-state index contributed by atoms with van der Waals surface area (Å²) in [6.45, 7) is 5.19. The molecule has 0 amide bonds. The molecule has 3 nitrogen and oxygen atoms in total. The third kappa shape index (κ3) is 2.46. The first kappa shape index (κ1) is 13.9. The Bertz CT molecular complexity index is 699. The Labute approximate surface area is 124 Å². The Morgan fingerprint density at radius 2 is 2.19 bits per heavy atom. The summed E-state index contributed by atoms with van der Waals surface area (Å²) < 4.78 is 16.4. The number of nitrogens with zero attached hydrogens (tertiary/aromatic N) is 3. The van der Waals surface area contributed by atoms with Crippen LogP contribution in [-0.4, -0.2) is 30.2 Å². The summed E-state index contributed by atoms with van der Waals surface area (Å²) in [5.74, 6) is 0.